The zero-order chi connectivity index (χ0) is 63.0. The standard InChI is InChI=1S/C58H80N2O24/c1-33(61)59-47-52(79-39(7)67)50(77-37(5)65)44(30-72-35(3)63)81-56(47)76-32-43-49(74-28-41-22-16-14-17-23-41)54(84-57-48(60-34(2)62)53(80-40(8)68)51(78-38(6)66)45(82-57)31-73-36(4)64)55(75-29-42-24-18-15-19-25-42)58(83-43)71-27-21-13-11-10-12-20-26-46(69)70-9/h14-19,22-25,43-45,47-58H,10-13,20-21,26-32H2,1-9H3,(H,59,61)(H,60,62)/t43-,44-,45-,47-,48-,49-,50-,51-,52-,53-,54+,55+,56-,57+,58?/m1/s1/i28D,29D/t28?,29?,43-,44-,45-,47-,48-,49-,50-,51-,52-,53-,54+,55+,56-,57+,58?. The summed E-state index contributed by atoms with van der Waals surface area (Å²) in [6.07, 6.45) is -16.3. The highest BCUT2D eigenvalue weighted by molar-refractivity contribution is 5.74. The van der Waals surface area contributed by atoms with E-state index in [0.717, 1.165) is 74.7 Å². The predicted octanol–water partition coefficient (Wildman–Crippen LogP) is 3.52. The summed E-state index contributed by atoms with van der Waals surface area (Å²) in [5.74, 6) is -6.73. The number of hydrogen-bond acceptors (Lipinski definition) is 24. The first-order valence-corrected chi connectivity index (χ1v) is 27.6. The first kappa shape index (κ1) is 64.9. The van der Waals surface area contributed by atoms with Crippen molar-refractivity contribution in [1.29, 1.82) is 0 Å². The second-order valence-electron chi connectivity index (χ2n) is 20.0. The highest BCUT2D eigenvalue weighted by atomic mass is 16.8. The largest absolute Gasteiger partial charge is 0.469 e. The fourth-order valence-corrected chi connectivity index (χ4v) is 9.55. The zero-order valence-corrected chi connectivity index (χ0v) is 48.7. The minimum absolute atomic E-state index is 0.00906. The summed E-state index contributed by atoms with van der Waals surface area (Å²) in [5, 5.41) is 5.34. The number of unbranched alkanes of at least 4 members (excludes halogenated alkanes) is 5. The molecule has 3 saturated heterocycles. The van der Waals surface area contributed by atoms with Crippen LogP contribution in [0.2, 0.25) is 0 Å². The van der Waals surface area contributed by atoms with Gasteiger partial charge in [-0.1, -0.05) is 86.3 Å². The number of carbonyl (C=O) groups is 9. The van der Waals surface area contributed by atoms with Crippen LogP contribution in [-0.4, -0.2) is 179 Å². The number of carbonyl (C=O) groups excluding carboxylic acids is 9. The smallest absolute Gasteiger partial charge is 0.305 e. The normalized spacial score (nSPS) is 28.5. The lowest BCUT2D eigenvalue weighted by molar-refractivity contribution is -0.365. The van der Waals surface area contributed by atoms with Crippen LogP contribution in [0.4, 0.5) is 0 Å². The quantitative estimate of drug-likeness (QED) is 0.0620. The monoisotopic (exact) mass is 1190 g/mol. The molecule has 0 aromatic heterocycles. The van der Waals surface area contributed by atoms with Crippen LogP contribution in [0.15, 0.2) is 60.7 Å². The maximum atomic E-state index is 13.3. The average Bonchev–Trinajstić information content (AvgIpc) is 0.965. The van der Waals surface area contributed by atoms with Gasteiger partial charge in [0.2, 0.25) is 11.8 Å². The van der Waals surface area contributed by atoms with Crippen molar-refractivity contribution in [1.82, 2.24) is 10.6 Å². The molecule has 84 heavy (non-hydrogen) atoms. The first-order valence-electron chi connectivity index (χ1n) is 28.8. The van der Waals surface area contributed by atoms with Crippen LogP contribution >= 0.6 is 0 Å². The summed E-state index contributed by atoms with van der Waals surface area (Å²) in [6.45, 7) is 3.84. The maximum Gasteiger partial charge on any atom is 0.305 e. The molecule has 3 unspecified atom stereocenters. The van der Waals surface area contributed by atoms with Crippen molar-refractivity contribution < 1.29 is 117 Å². The van der Waals surface area contributed by atoms with E-state index in [4.69, 9.17) is 71.1 Å². The third kappa shape index (κ3) is 22.4. The molecular weight excluding hydrogens is 1110 g/mol. The maximum absolute atomic E-state index is 13.3. The number of nitrogens with one attached hydrogen (secondary N) is 2. The fraction of sp³-hybridized carbons (Fsp3) is 0.638. The molecule has 26 nitrogen and oxygen atoms in total. The van der Waals surface area contributed by atoms with Gasteiger partial charge in [0, 0.05) is 68.4 Å². The SMILES string of the molecule is [2H]C(O[C@H]1[C@H](O[C@@H]2O[C@H](COC(C)=O)[C@@H](OC(C)=O)[C@H](OC(C)=O)[C@H]2NC(C)=O)[C@H](OC([2H])c2ccccc2)C(OCCCCCCCCC(=O)OC)O[C@@H]1CO[C@@H]1O[C@H](COC(C)=O)[C@@H](OC(C)=O)[C@H](OC(C)=O)[C@H]1NC(C)=O)c1ccccc1. The van der Waals surface area contributed by atoms with Crippen LogP contribution < -0.4 is 10.6 Å². The van der Waals surface area contributed by atoms with Crippen molar-refractivity contribution in [3.05, 3.63) is 71.8 Å². The Bertz CT molecular complexity index is 2530. The predicted molar refractivity (Wildman–Crippen MR) is 288 cm³/mol. The summed E-state index contributed by atoms with van der Waals surface area (Å²) < 4.78 is 110. The van der Waals surface area contributed by atoms with Gasteiger partial charge in [-0.25, -0.2) is 0 Å². The lowest BCUT2D eigenvalue weighted by atomic mass is 9.94. The van der Waals surface area contributed by atoms with Crippen molar-refractivity contribution in [2.45, 2.75) is 205 Å². The van der Waals surface area contributed by atoms with Gasteiger partial charge >= 0.3 is 41.8 Å². The Morgan fingerprint density at radius 3 is 1.32 bits per heavy atom. The van der Waals surface area contributed by atoms with Gasteiger partial charge in [-0.2, -0.15) is 0 Å². The van der Waals surface area contributed by atoms with E-state index in [2.05, 4.69) is 10.6 Å². The topological polar surface area (TPSA) is 316 Å². The molecule has 0 saturated carbocycles. The third-order valence-corrected chi connectivity index (χ3v) is 13.1. The molecule has 3 heterocycles. The fourth-order valence-electron chi connectivity index (χ4n) is 9.55. The van der Waals surface area contributed by atoms with Crippen LogP contribution in [0.3, 0.4) is 0 Å². The van der Waals surface area contributed by atoms with Crippen LogP contribution in [0, 0.1) is 0 Å². The van der Waals surface area contributed by atoms with Gasteiger partial charge in [0.25, 0.3) is 0 Å². The van der Waals surface area contributed by atoms with Gasteiger partial charge in [0.1, 0.15) is 61.9 Å². The lowest BCUT2D eigenvalue weighted by Crippen LogP contribution is -2.69. The molecule has 2 aromatic rings. The summed E-state index contributed by atoms with van der Waals surface area (Å²) >= 11 is 0. The Morgan fingerprint density at radius 2 is 0.857 bits per heavy atom. The minimum atomic E-state index is -1.82. The number of rotatable bonds is 31. The zero-order valence-electron chi connectivity index (χ0n) is 50.7. The van der Waals surface area contributed by atoms with Crippen molar-refractivity contribution in [3.63, 3.8) is 0 Å². The molecule has 0 radical (unpaired) electrons. The highest BCUT2D eigenvalue weighted by Gasteiger charge is 2.57. The van der Waals surface area contributed by atoms with Gasteiger partial charge in [-0.05, 0) is 24.0 Å². The number of amides is 2. The average molecular weight is 1190 g/mol. The Labute approximate surface area is 490 Å². The van der Waals surface area contributed by atoms with Gasteiger partial charge in [0.05, 0.1) is 29.6 Å². The molecule has 3 aliphatic rings. The second-order valence-corrected chi connectivity index (χ2v) is 20.0. The summed E-state index contributed by atoms with van der Waals surface area (Å²) in [4.78, 5) is 114. The van der Waals surface area contributed by atoms with Crippen molar-refractivity contribution in [2.75, 3.05) is 33.5 Å². The first-order chi connectivity index (χ1) is 40.9. The Balaban J connectivity index is 1.71. The molecule has 2 N–H and O–H groups in total. The van der Waals surface area contributed by atoms with Crippen molar-refractivity contribution >= 4 is 53.6 Å². The molecule has 466 valence electrons. The molecule has 3 aliphatic heterocycles. The lowest BCUT2D eigenvalue weighted by Gasteiger charge is -2.50. The Morgan fingerprint density at radius 1 is 0.440 bits per heavy atom. The minimum Gasteiger partial charge on any atom is -0.469 e. The van der Waals surface area contributed by atoms with Crippen molar-refractivity contribution in [3.8, 4) is 0 Å². The Kier molecular flexibility index (Phi) is 27.0. The number of hydrogen-bond donors (Lipinski definition) is 2. The van der Waals surface area contributed by atoms with E-state index in [9.17, 15) is 45.9 Å². The van der Waals surface area contributed by atoms with E-state index in [1.54, 1.807) is 60.7 Å². The molecule has 3 fully saturated rings. The number of benzene rings is 2. The summed E-state index contributed by atoms with van der Waals surface area (Å²) in [7, 11) is 1.33. The molecule has 0 aliphatic carbocycles. The van der Waals surface area contributed by atoms with E-state index < -0.39 is 173 Å². The molecule has 0 spiro atoms. The van der Waals surface area contributed by atoms with Crippen LogP contribution in [0.5, 0.6) is 0 Å². The summed E-state index contributed by atoms with van der Waals surface area (Å²) in [5.41, 5.74) is 0.667. The molecular formula is C58H80N2O24. The van der Waals surface area contributed by atoms with E-state index in [0.29, 0.717) is 30.4 Å². The van der Waals surface area contributed by atoms with Gasteiger partial charge in [-0.3, -0.25) is 43.2 Å². The molecule has 5 rings (SSSR count). The van der Waals surface area contributed by atoms with Crippen LogP contribution in [0.1, 0.15) is 114 Å². The Hall–Kier alpha value is -6.65. The number of esters is 7. The molecule has 26 heteroatoms. The van der Waals surface area contributed by atoms with E-state index >= 15 is 0 Å². The molecule has 0 bridgehead atoms. The molecule has 17 atom stereocenters. The molecule has 2 aromatic carbocycles. The van der Waals surface area contributed by atoms with Gasteiger partial charge in [0.15, 0.2) is 43.3 Å². The van der Waals surface area contributed by atoms with E-state index in [1.807, 2.05) is 0 Å². The van der Waals surface area contributed by atoms with E-state index in [1.165, 1.54) is 7.11 Å². The van der Waals surface area contributed by atoms with Crippen LogP contribution in [0.25, 0.3) is 0 Å². The van der Waals surface area contributed by atoms with Crippen molar-refractivity contribution in [2.24, 2.45) is 0 Å². The molecule has 2 amide bonds. The summed E-state index contributed by atoms with van der Waals surface area (Å²) in [6, 6.07) is 13.6. The van der Waals surface area contributed by atoms with Gasteiger partial charge < -0.3 is 81.7 Å². The highest BCUT2D eigenvalue weighted by Crippen LogP contribution is 2.37. The second kappa shape index (κ2) is 35.0. The van der Waals surface area contributed by atoms with Crippen LogP contribution in [-0.2, 0) is 127 Å². The van der Waals surface area contributed by atoms with E-state index in [-0.39, 0.29) is 19.0 Å². The van der Waals surface area contributed by atoms with Gasteiger partial charge in [-0.15, -0.1) is 0 Å². The number of methoxy groups -OCH3 is 1. The number of ether oxygens (including phenoxy) is 15. The third-order valence-electron chi connectivity index (χ3n) is 13.1.